The van der Waals surface area contributed by atoms with Crippen LogP contribution in [0.1, 0.15) is 13.8 Å². The molecule has 2 N–H and O–H groups in total. The van der Waals surface area contributed by atoms with Gasteiger partial charge >= 0.3 is 6.09 Å². The van der Waals surface area contributed by atoms with E-state index in [1.165, 1.54) is 4.90 Å². The summed E-state index contributed by atoms with van der Waals surface area (Å²) < 4.78 is 0. The van der Waals surface area contributed by atoms with Crippen molar-refractivity contribution in [2.24, 2.45) is 5.92 Å². The number of carbonyl (C=O) groups excluding carboxylic acids is 1. The molecule has 0 unspecified atom stereocenters. The third kappa shape index (κ3) is 2.11. The van der Waals surface area contributed by atoms with Crippen LogP contribution in [0.5, 0.6) is 0 Å². The highest BCUT2D eigenvalue weighted by molar-refractivity contribution is 5.85. The maximum Gasteiger partial charge on any atom is 0.407 e. The van der Waals surface area contributed by atoms with Gasteiger partial charge in [-0.05, 0) is 12.8 Å². The van der Waals surface area contributed by atoms with Crippen molar-refractivity contribution in [2.45, 2.75) is 19.9 Å². The summed E-state index contributed by atoms with van der Waals surface area (Å²) in [6, 6.07) is -0.581. The minimum absolute atomic E-state index is 0.171. The van der Waals surface area contributed by atoms with E-state index in [2.05, 4.69) is 5.32 Å². The van der Waals surface area contributed by atoms with E-state index in [0.29, 0.717) is 13.1 Å². The molecular formula is C8H14N2O3. The second kappa shape index (κ2) is 3.64. The number of hydrogen-bond donors (Lipinski definition) is 2. The second-order valence-corrected chi connectivity index (χ2v) is 3.46. The van der Waals surface area contributed by atoms with Crippen molar-refractivity contribution < 1.29 is 14.7 Å². The molecule has 0 aliphatic carbocycles. The lowest BCUT2D eigenvalue weighted by Crippen LogP contribution is -2.44. The quantitative estimate of drug-likeness (QED) is 0.564. The zero-order valence-electron chi connectivity index (χ0n) is 7.78. The number of nitrogens with one attached hydrogen (secondary N) is 1. The minimum Gasteiger partial charge on any atom is -0.465 e. The van der Waals surface area contributed by atoms with Crippen molar-refractivity contribution in [3.63, 3.8) is 0 Å². The third-order valence-electron chi connectivity index (χ3n) is 2.23. The molecule has 0 spiro atoms. The van der Waals surface area contributed by atoms with Crippen molar-refractivity contribution in [3.8, 4) is 0 Å². The largest absolute Gasteiger partial charge is 0.465 e. The molecule has 1 saturated heterocycles. The van der Waals surface area contributed by atoms with Gasteiger partial charge < -0.3 is 10.4 Å². The Morgan fingerprint density at radius 2 is 2.23 bits per heavy atom. The Labute approximate surface area is 76.7 Å². The number of amides is 2. The molecule has 1 aliphatic rings. The molecule has 1 fully saturated rings. The van der Waals surface area contributed by atoms with Crippen LogP contribution in [0.3, 0.4) is 0 Å². The summed E-state index contributed by atoms with van der Waals surface area (Å²) >= 11 is 0. The summed E-state index contributed by atoms with van der Waals surface area (Å²) in [5.41, 5.74) is 0. The average Bonchev–Trinajstić information content (AvgIpc) is 2.18. The third-order valence-corrected chi connectivity index (χ3v) is 2.23. The summed E-state index contributed by atoms with van der Waals surface area (Å²) in [6.07, 6.45) is -1.03. The van der Waals surface area contributed by atoms with Crippen LogP contribution in [0.25, 0.3) is 0 Å². The van der Waals surface area contributed by atoms with Crippen molar-refractivity contribution in [1.82, 2.24) is 10.2 Å². The van der Waals surface area contributed by atoms with Gasteiger partial charge in [0.1, 0.15) is 6.04 Å². The monoisotopic (exact) mass is 186 g/mol. The number of carboxylic acid groups (broad SMARTS) is 1. The Kier molecular flexibility index (Phi) is 2.75. The predicted octanol–water partition coefficient (Wildman–Crippen LogP) is 0.121. The van der Waals surface area contributed by atoms with Crippen molar-refractivity contribution >= 4 is 12.0 Å². The van der Waals surface area contributed by atoms with E-state index in [1.807, 2.05) is 6.92 Å². The molecule has 74 valence electrons. The van der Waals surface area contributed by atoms with Gasteiger partial charge in [-0.25, -0.2) is 4.79 Å². The van der Waals surface area contributed by atoms with Gasteiger partial charge in [-0.3, -0.25) is 9.69 Å². The maximum atomic E-state index is 11.3. The molecule has 0 radical (unpaired) electrons. The predicted molar refractivity (Wildman–Crippen MR) is 46.4 cm³/mol. The molecule has 1 heterocycles. The Hall–Kier alpha value is -1.26. The lowest BCUT2D eigenvalue weighted by atomic mass is 10.2. The van der Waals surface area contributed by atoms with Gasteiger partial charge in [-0.2, -0.15) is 0 Å². The standard InChI is InChI=1S/C8H14N2O3/c1-5-3-9-7(11)6(2)10(4-5)8(12)13/h5-6H,3-4H2,1-2H3,(H,9,11)(H,12,13)/t5-,6-/m1/s1. The highest BCUT2D eigenvalue weighted by Gasteiger charge is 2.29. The van der Waals surface area contributed by atoms with Crippen molar-refractivity contribution in [1.29, 1.82) is 0 Å². The van der Waals surface area contributed by atoms with Crippen LogP contribution in [-0.2, 0) is 4.79 Å². The van der Waals surface area contributed by atoms with Gasteiger partial charge in [0, 0.05) is 13.1 Å². The molecule has 0 aromatic carbocycles. The summed E-state index contributed by atoms with van der Waals surface area (Å²) in [5, 5.41) is 11.5. The maximum absolute atomic E-state index is 11.3. The van der Waals surface area contributed by atoms with Crippen LogP contribution < -0.4 is 5.32 Å². The SMILES string of the molecule is C[C@@H]1CNC(=O)[C@@H](C)N(C(=O)O)C1. The lowest BCUT2D eigenvalue weighted by molar-refractivity contribution is -0.124. The molecule has 0 aromatic heterocycles. The van der Waals surface area contributed by atoms with E-state index in [4.69, 9.17) is 5.11 Å². The van der Waals surface area contributed by atoms with Crippen LogP contribution in [0, 0.1) is 5.92 Å². The highest BCUT2D eigenvalue weighted by Crippen LogP contribution is 2.09. The van der Waals surface area contributed by atoms with E-state index >= 15 is 0 Å². The molecule has 5 heteroatoms. The van der Waals surface area contributed by atoms with Gasteiger partial charge in [-0.1, -0.05) is 6.92 Å². The Morgan fingerprint density at radius 3 is 2.77 bits per heavy atom. The first-order chi connectivity index (χ1) is 6.02. The molecule has 1 aliphatic heterocycles. The van der Waals surface area contributed by atoms with Gasteiger partial charge in [0.15, 0.2) is 0 Å². The first-order valence-electron chi connectivity index (χ1n) is 4.29. The number of carbonyl (C=O) groups is 2. The topological polar surface area (TPSA) is 69.6 Å². The number of hydrogen-bond acceptors (Lipinski definition) is 2. The lowest BCUT2D eigenvalue weighted by Gasteiger charge is -2.23. The fourth-order valence-electron chi connectivity index (χ4n) is 1.37. The molecule has 1 rings (SSSR count). The van der Waals surface area contributed by atoms with Crippen LogP contribution in [0.15, 0.2) is 0 Å². The zero-order valence-corrected chi connectivity index (χ0v) is 7.78. The van der Waals surface area contributed by atoms with E-state index in [9.17, 15) is 9.59 Å². The molecule has 0 saturated carbocycles. The fourth-order valence-corrected chi connectivity index (χ4v) is 1.37. The van der Waals surface area contributed by atoms with Crippen molar-refractivity contribution in [2.75, 3.05) is 13.1 Å². The summed E-state index contributed by atoms with van der Waals surface area (Å²) in [4.78, 5) is 23.2. The summed E-state index contributed by atoms with van der Waals surface area (Å²) in [6.45, 7) is 4.47. The van der Waals surface area contributed by atoms with Crippen LogP contribution in [0.2, 0.25) is 0 Å². The first-order valence-corrected chi connectivity index (χ1v) is 4.29. The van der Waals surface area contributed by atoms with Gasteiger partial charge in [0.2, 0.25) is 5.91 Å². The Balaban J connectivity index is 2.78. The average molecular weight is 186 g/mol. The molecule has 13 heavy (non-hydrogen) atoms. The van der Waals surface area contributed by atoms with Crippen LogP contribution in [0.4, 0.5) is 4.79 Å². The minimum atomic E-state index is -1.03. The first kappa shape index (κ1) is 9.83. The second-order valence-electron chi connectivity index (χ2n) is 3.46. The molecule has 2 amide bonds. The highest BCUT2D eigenvalue weighted by atomic mass is 16.4. The van der Waals surface area contributed by atoms with E-state index in [-0.39, 0.29) is 11.8 Å². The normalized spacial score (nSPS) is 29.4. The van der Waals surface area contributed by atoms with Crippen molar-refractivity contribution in [3.05, 3.63) is 0 Å². The van der Waals surface area contributed by atoms with E-state index in [1.54, 1.807) is 6.92 Å². The number of nitrogens with zero attached hydrogens (tertiary/aromatic N) is 1. The molecule has 0 bridgehead atoms. The zero-order chi connectivity index (χ0) is 10.0. The summed E-state index contributed by atoms with van der Waals surface area (Å²) in [7, 11) is 0. The van der Waals surface area contributed by atoms with Gasteiger partial charge in [0.05, 0.1) is 0 Å². The molecular weight excluding hydrogens is 172 g/mol. The smallest absolute Gasteiger partial charge is 0.407 e. The fraction of sp³-hybridized carbons (Fsp3) is 0.750. The van der Waals surface area contributed by atoms with Crippen LogP contribution >= 0.6 is 0 Å². The van der Waals surface area contributed by atoms with E-state index < -0.39 is 12.1 Å². The summed E-state index contributed by atoms with van der Waals surface area (Å²) in [5.74, 6) is -0.0447. The Bertz CT molecular complexity index is 229. The van der Waals surface area contributed by atoms with Crippen LogP contribution in [-0.4, -0.2) is 41.1 Å². The molecule has 0 aromatic rings. The Morgan fingerprint density at radius 1 is 1.62 bits per heavy atom. The van der Waals surface area contributed by atoms with Gasteiger partial charge in [-0.15, -0.1) is 0 Å². The van der Waals surface area contributed by atoms with E-state index in [0.717, 1.165) is 0 Å². The number of rotatable bonds is 0. The van der Waals surface area contributed by atoms with Gasteiger partial charge in [0.25, 0.3) is 0 Å². The molecule has 2 atom stereocenters. The molecule has 5 nitrogen and oxygen atoms in total.